The van der Waals surface area contributed by atoms with Gasteiger partial charge in [-0.3, -0.25) is 9.59 Å². The van der Waals surface area contributed by atoms with Gasteiger partial charge >= 0.3 is 0 Å². The van der Waals surface area contributed by atoms with Crippen molar-refractivity contribution in [2.45, 2.75) is 13.3 Å². The maximum Gasteiger partial charge on any atom is 0.231 e. The topological polar surface area (TPSA) is 75.2 Å². The molecule has 1 aliphatic heterocycles. The number of aryl methyl sites for hydroxylation is 1. The lowest BCUT2D eigenvalue weighted by molar-refractivity contribution is -0.122. The number of halogens is 1. The summed E-state index contributed by atoms with van der Waals surface area (Å²) in [6.45, 7) is 2.11. The van der Waals surface area contributed by atoms with E-state index in [2.05, 4.69) is 14.7 Å². The molecule has 1 saturated heterocycles. The second-order valence-corrected chi connectivity index (χ2v) is 6.21. The van der Waals surface area contributed by atoms with Crippen LogP contribution in [-0.4, -0.2) is 27.7 Å². The summed E-state index contributed by atoms with van der Waals surface area (Å²) >= 11 is 6.98. The average Bonchev–Trinajstić information content (AvgIpc) is 3.06. The molecule has 8 heteroatoms. The maximum atomic E-state index is 12.2. The minimum absolute atomic E-state index is 0.0732. The first-order chi connectivity index (χ1) is 10.5. The first kappa shape index (κ1) is 14.9. The Morgan fingerprint density at radius 2 is 2.14 bits per heavy atom. The van der Waals surface area contributed by atoms with Gasteiger partial charge in [0.2, 0.25) is 16.9 Å². The van der Waals surface area contributed by atoms with Crippen molar-refractivity contribution in [3.05, 3.63) is 35.1 Å². The summed E-state index contributed by atoms with van der Waals surface area (Å²) in [4.78, 5) is 30.0. The van der Waals surface area contributed by atoms with Crippen molar-refractivity contribution in [1.82, 2.24) is 9.36 Å². The zero-order chi connectivity index (χ0) is 15.7. The average molecular weight is 337 g/mol. The van der Waals surface area contributed by atoms with Gasteiger partial charge in [-0.1, -0.05) is 11.6 Å². The standard InChI is InChI=1S/C14H13ClN4O2S/c1-8-16-14(22-18-8)17-13(21)9-6-12(20)19(7-9)11-4-2-10(15)3-5-11/h2-5,9H,6-7H2,1H3,(H,16,17,18,21). The third-order valence-electron chi connectivity index (χ3n) is 3.39. The van der Waals surface area contributed by atoms with Gasteiger partial charge in [0, 0.05) is 35.2 Å². The highest BCUT2D eigenvalue weighted by atomic mass is 35.5. The number of benzene rings is 1. The predicted molar refractivity (Wildman–Crippen MR) is 85.2 cm³/mol. The Kier molecular flexibility index (Phi) is 4.08. The number of aromatic nitrogens is 2. The lowest BCUT2D eigenvalue weighted by Gasteiger charge is -2.16. The summed E-state index contributed by atoms with van der Waals surface area (Å²) in [6, 6.07) is 6.99. The van der Waals surface area contributed by atoms with Crippen molar-refractivity contribution < 1.29 is 9.59 Å². The Morgan fingerprint density at radius 3 is 2.77 bits per heavy atom. The maximum absolute atomic E-state index is 12.2. The van der Waals surface area contributed by atoms with Gasteiger partial charge in [-0.05, 0) is 31.2 Å². The Morgan fingerprint density at radius 1 is 1.41 bits per heavy atom. The smallest absolute Gasteiger partial charge is 0.231 e. The molecule has 3 rings (SSSR count). The number of rotatable bonds is 3. The molecule has 2 aromatic rings. The zero-order valence-corrected chi connectivity index (χ0v) is 13.3. The number of anilines is 2. The van der Waals surface area contributed by atoms with Crippen molar-refractivity contribution in [2.24, 2.45) is 5.92 Å². The molecule has 0 saturated carbocycles. The summed E-state index contributed by atoms with van der Waals surface area (Å²) in [5.41, 5.74) is 0.747. The monoisotopic (exact) mass is 336 g/mol. The van der Waals surface area contributed by atoms with Gasteiger partial charge in [-0.25, -0.2) is 4.98 Å². The molecule has 0 aliphatic carbocycles. The number of carbonyl (C=O) groups is 2. The van der Waals surface area contributed by atoms with Gasteiger partial charge in [-0.2, -0.15) is 4.37 Å². The van der Waals surface area contributed by atoms with Crippen LogP contribution in [0.5, 0.6) is 0 Å². The summed E-state index contributed by atoms with van der Waals surface area (Å²) in [6.07, 6.45) is 0.187. The molecule has 1 aliphatic rings. The third kappa shape index (κ3) is 3.10. The second kappa shape index (κ2) is 6.02. The van der Waals surface area contributed by atoms with Crippen LogP contribution in [0.2, 0.25) is 5.02 Å². The fraction of sp³-hybridized carbons (Fsp3) is 0.286. The molecule has 0 spiro atoms. The van der Waals surface area contributed by atoms with Crippen molar-refractivity contribution in [3.63, 3.8) is 0 Å². The lowest BCUT2D eigenvalue weighted by Crippen LogP contribution is -2.28. The van der Waals surface area contributed by atoms with Crippen LogP contribution in [0.1, 0.15) is 12.2 Å². The predicted octanol–water partition coefficient (Wildman–Crippen LogP) is 2.49. The van der Waals surface area contributed by atoms with Gasteiger partial charge in [0.1, 0.15) is 5.82 Å². The number of hydrogen-bond donors (Lipinski definition) is 1. The summed E-state index contributed by atoms with van der Waals surface area (Å²) < 4.78 is 4.01. The van der Waals surface area contributed by atoms with Crippen molar-refractivity contribution >= 4 is 45.8 Å². The van der Waals surface area contributed by atoms with E-state index >= 15 is 0 Å². The van der Waals surface area contributed by atoms with Crippen LogP contribution in [0.15, 0.2) is 24.3 Å². The molecule has 1 N–H and O–H groups in total. The van der Waals surface area contributed by atoms with Crippen molar-refractivity contribution in [2.75, 3.05) is 16.8 Å². The van der Waals surface area contributed by atoms with Crippen LogP contribution in [-0.2, 0) is 9.59 Å². The molecule has 2 heterocycles. The van der Waals surface area contributed by atoms with Crippen LogP contribution in [0, 0.1) is 12.8 Å². The molecular formula is C14H13ClN4O2S. The Balaban J connectivity index is 1.68. The lowest BCUT2D eigenvalue weighted by atomic mass is 10.1. The first-order valence-electron chi connectivity index (χ1n) is 6.70. The van der Waals surface area contributed by atoms with Gasteiger partial charge in [0.25, 0.3) is 0 Å². The van der Waals surface area contributed by atoms with E-state index in [1.165, 1.54) is 0 Å². The molecule has 0 bridgehead atoms. The minimum Gasteiger partial charge on any atom is -0.312 e. The summed E-state index contributed by atoms with van der Waals surface area (Å²) in [5, 5.41) is 3.78. The second-order valence-electron chi connectivity index (χ2n) is 5.02. The first-order valence-corrected chi connectivity index (χ1v) is 7.85. The van der Waals surface area contributed by atoms with Crippen LogP contribution < -0.4 is 10.2 Å². The fourth-order valence-corrected chi connectivity index (χ4v) is 3.01. The Bertz CT molecular complexity index is 716. The molecule has 1 aromatic heterocycles. The van der Waals surface area contributed by atoms with E-state index in [9.17, 15) is 9.59 Å². The number of nitrogens with one attached hydrogen (secondary N) is 1. The number of carbonyl (C=O) groups excluding carboxylic acids is 2. The molecule has 1 atom stereocenters. The molecule has 1 fully saturated rings. The fourth-order valence-electron chi connectivity index (χ4n) is 2.31. The van der Waals surface area contributed by atoms with E-state index in [4.69, 9.17) is 11.6 Å². The Hall–Kier alpha value is -1.99. The van der Waals surface area contributed by atoms with E-state index in [1.54, 1.807) is 36.1 Å². The molecule has 6 nitrogen and oxygen atoms in total. The van der Waals surface area contributed by atoms with Crippen LogP contribution >= 0.6 is 23.1 Å². The molecular weight excluding hydrogens is 324 g/mol. The van der Waals surface area contributed by atoms with Gasteiger partial charge < -0.3 is 10.2 Å². The van der Waals surface area contributed by atoms with Crippen LogP contribution in [0.3, 0.4) is 0 Å². The third-order valence-corrected chi connectivity index (χ3v) is 4.37. The van der Waals surface area contributed by atoms with Gasteiger partial charge in [0.05, 0.1) is 5.92 Å². The van der Waals surface area contributed by atoms with Gasteiger partial charge in [-0.15, -0.1) is 0 Å². The van der Waals surface area contributed by atoms with Crippen LogP contribution in [0.4, 0.5) is 10.8 Å². The highest BCUT2D eigenvalue weighted by molar-refractivity contribution is 7.09. The molecule has 2 amide bonds. The van der Waals surface area contributed by atoms with Crippen LogP contribution in [0.25, 0.3) is 0 Å². The van der Waals surface area contributed by atoms with E-state index in [1.807, 2.05) is 0 Å². The summed E-state index contributed by atoms with van der Waals surface area (Å²) in [5.74, 6) is -0.0603. The molecule has 114 valence electrons. The highest BCUT2D eigenvalue weighted by Crippen LogP contribution is 2.27. The van der Waals surface area contributed by atoms with E-state index in [-0.39, 0.29) is 18.2 Å². The minimum atomic E-state index is -0.396. The van der Waals surface area contributed by atoms with E-state index in [0.717, 1.165) is 17.2 Å². The molecule has 22 heavy (non-hydrogen) atoms. The molecule has 0 radical (unpaired) electrons. The number of hydrogen-bond acceptors (Lipinski definition) is 5. The Labute approximate surface area is 136 Å². The molecule has 1 unspecified atom stereocenters. The van der Waals surface area contributed by atoms with E-state index in [0.29, 0.717) is 22.5 Å². The van der Waals surface area contributed by atoms with E-state index < -0.39 is 5.92 Å². The van der Waals surface area contributed by atoms with Gasteiger partial charge in [0.15, 0.2) is 0 Å². The zero-order valence-electron chi connectivity index (χ0n) is 11.7. The quantitative estimate of drug-likeness (QED) is 0.934. The number of amides is 2. The summed E-state index contributed by atoms with van der Waals surface area (Å²) in [7, 11) is 0. The van der Waals surface area contributed by atoms with Crippen molar-refractivity contribution in [3.8, 4) is 0 Å². The van der Waals surface area contributed by atoms with Crippen molar-refractivity contribution in [1.29, 1.82) is 0 Å². The normalized spacial score (nSPS) is 17.8. The molecule has 1 aromatic carbocycles. The SMILES string of the molecule is Cc1nsc(NC(=O)C2CC(=O)N(c3ccc(Cl)cc3)C2)n1. The largest absolute Gasteiger partial charge is 0.312 e. The highest BCUT2D eigenvalue weighted by Gasteiger charge is 2.35. The number of nitrogens with zero attached hydrogens (tertiary/aromatic N) is 3.